The Morgan fingerprint density at radius 1 is 0.955 bits per heavy atom. The van der Waals surface area contributed by atoms with Crippen LogP contribution in [0.15, 0.2) is 41.8 Å². The zero-order valence-corrected chi connectivity index (χ0v) is 13.2. The van der Waals surface area contributed by atoms with Gasteiger partial charge in [0.15, 0.2) is 16.8 Å². The Hall–Kier alpha value is -1.69. The highest BCUT2D eigenvalue weighted by Gasteiger charge is 2.09. The summed E-state index contributed by atoms with van der Waals surface area (Å²) in [5, 5.41) is 6.35. The lowest BCUT2D eigenvalue weighted by molar-refractivity contribution is 0.509. The fraction of sp³-hybridized carbons (Fsp3) is 0. The summed E-state index contributed by atoms with van der Waals surface area (Å²) in [6.45, 7) is 0. The van der Waals surface area contributed by atoms with Crippen LogP contribution in [0.5, 0.6) is 0 Å². The molecule has 0 aliphatic heterocycles. The summed E-state index contributed by atoms with van der Waals surface area (Å²) in [6, 6.07) is 8.81. The highest BCUT2D eigenvalue weighted by Crippen LogP contribution is 2.30. The first kappa shape index (κ1) is 15.2. The van der Waals surface area contributed by atoms with Gasteiger partial charge in [0.2, 0.25) is 0 Å². The Balaban J connectivity index is 1.84. The Kier molecular flexibility index (Phi) is 4.29. The molecule has 2 nitrogen and oxygen atoms in total. The van der Waals surface area contributed by atoms with Gasteiger partial charge in [0.25, 0.3) is 0 Å². The fourth-order valence-corrected chi connectivity index (χ4v) is 2.85. The molecule has 1 N–H and O–H groups in total. The summed E-state index contributed by atoms with van der Waals surface area (Å²) in [5.74, 6) is -1.78. The molecule has 1 aromatic heterocycles. The molecule has 0 atom stereocenters. The molecule has 0 saturated heterocycles. The van der Waals surface area contributed by atoms with Crippen LogP contribution in [0.1, 0.15) is 0 Å². The Labute approximate surface area is 139 Å². The number of rotatable bonds is 3. The van der Waals surface area contributed by atoms with Crippen LogP contribution in [-0.4, -0.2) is 4.98 Å². The second-order valence-electron chi connectivity index (χ2n) is 4.42. The second-order valence-corrected chi connectivity index (χ2v) is 6.09. The summed E-state index contributed by atoms with van der Waals surface area (Å²) in [4.78, 5) is 4.34. The van der Waals surface area contributed by atoms with Crippen molar-refractivity contribution in [1.82, 2.24) is 4.98 Å². The molecular formula is C15H8Cl2F2N2S. The van der Waals surface area contributed by atoms with E-state index in [0.29, 0.717) is 26.4 Å². The lowest BCUT2D eigenvalue weighted by atomic mass is 10.2. The summed E-state index contributed by atoms with van der Waals surface area (Å²) in [5.41, 5.74) is 1.81. The van der Waals surface area contributed by atoms with Crippen LogP contribution in [-0.2, 0) is 0 Å². The number of anilines is 2. The highest BCUT2D eigenvalue weighted by atomic mass is 35.5. The number of benzene rings is 2. The average molecular weight is 357 g/mol. The number of hydrogen-bond acceptors (Lipinski definition) is 3. The predicted molar refractivity (Wildman–Crippen MR) is 87.2 cm³/mol. The first-order valence-electron chi connectivity index (χ1n) is 6.16. The van der Waals surface area contributed by atoms with E-state index in [2.05, 4.69) is 10.3 Å². The van der Waals surface area contributed by atoms with Crippen LogP contribution in [0.25, 0.3) is 11.3 Å². The third-order valence-corrected chi connectivity index (χ3v) is 4.39. The van der Waals surface area contributed by atoms with Crippen molar-refractivity contribution in [3.05, 3.63) is 63.5 Å². The quantitative estimate of drug-likeness (QED) is 0.609. The number of nitrogens with zero attached hydrogens (tertiary/aromatic N) is 1. The topological polar surface area (TPSA) is 24.9 Å². The number of hydrogen-bond donors (Lipinski definition) is 1. The molecule has 3 rings (SSSR count). The van der Waals surface area contributed by atoms with Crippen LogP contribution in [0, 0.1) is 11.6 Å². The third kappa shape index (κ3) is 3.21. The van der Waals surface area contributed by atoms with Gasteiger partial charge >= 0.3 is 0 Å². The van der Waals surface area contributed by atoms with Crippen LogP contribution < -0.4 is 5.32 Å². The zero-order valence-electron chi connectivity index (χ0n) is 10.9. The highest BCUT2D eigenvalue weighted by molar-refractivity contribution is 7.14. The molecule has 0 radical (unpaired) electrons. The van der Waals surface area contributed by atoms with Crippen molar-refractivity contribution in [2.45, 2.75) is 0 Å². The Morgan fingerprint density at radius 2 is 1.77 bits per heavy atom. The third-order valence-electron chi connectivity index (χ3n) is 2.89. The maximum Gasteiger partial charge on any atom is 0.187 e. The molecule has 0 spiro atoms. The maximum absolute atomic E-state index is 13.3. The molecule has 0 unspecified atom stereocenters. The summed E-state index contributed by atoms with van der Waals surface area (Å²) in [7, 11) is 0. The molecule has 3 aromatic rings. The standard InChI is InChI=1S/C15H8Cl2F2N2S/c16-10-3-2-9(6-11(10)17)20-15-21-14(7-22-15)8-1-4-12(18)13(19)5-8/h1-7H,(H,20,21). The lowest BCUT2D eigenvalue weighted by Gasteiger charge is -2.04. The minimum absolute atomic E-state index is 0.434. The minimum atomic E-state index is -0.899. The van der Waals surface area contributed by atoms with Gasteiger partial charge in [-0.3, -0.25) is 0 Å². The van der Waals surface area contributed by atoms with Gasteiger partial charge in [-0.15, -0.1) is 11.3 Å². The first-order chi connectivity index (χ1) is 10.5. The maximum atomic E-state index is 13.3. The van der Waals surface area contributed by atoms with Gasteiger partial charge in [-0.25, -0.2) is 13.8 Å². The second kappa shape index (κ2) is 6.20. The van der Waals surface area contributed by atoms with Crippen molar-refractivity contribution in [2.24, 2.45) is 0 Å². The van der Waals surface area contributed by atoms with Crippen molar-refractivity contribution in [3.63, 3.8) is 0 Å². The van der Waals surface area contributed by atoms with E-state index >= 15 is 0 Å². The van der Waals surface area contributed by atoms with Gasteiger partial charge < -0.3 is 5.32 Å². The first-order valence-corrected chi connectivity index (χ1v) is 7.79. The number of thiazole rings is 1. The molecule has 22 heavy (non-hydrogen) atoms. The summed E-state index contributed by atoms with van der Waals surface area (Å²) < 4.78 is 26.2. The van der Waals surface area contributed by atoms with Crippen LogP contribution in [0.3, 0.4) is 0 Å². The number of halogens is 4. The largest absolute Gasteiger partial charge is 0.331 e. The van der Waals surface area contributed by atoms with Crippen LogP contribution in [0.2, 0.25) is 10.0 Å². The van der Waals surface area contributed by atoms with Gasteiger partial charge in [-0.05, 0) is 36.4 Å². The van der Waals surface area contributed by atoms with E-state index in [-0.39, 0.29) is 0 Å². The minimum Gasteiger partial charge on any atom is -0.331 e. The van der Waals surface area contributed by atoms with E-state index in [1.54, 1.807) is 23.6 Å². The van der Waals surface area contributed by atoms with Gasteiger partial charge in [0.05, 0.1) is 15.7 Å². The summed E-state index contributed by atoms with van der Waals surface area (Å²) >= 11 is 13.1. The van der Waals surface area contributed by atoms with Crippen LogP contribution in [0.4, 0.5) is 19.6 Å². The van der Waals surface area contributed by atoms with Gasteiger partial charge in [-0.1, -0.05) is 23.2 Å². The van der Waals surface area contributed by atoms with Crippen molar-refractivity contribution < 1.29 is 8.78 Å². The molecule has 0 aliphatic carbocycles. The Bertz CT molecular complexity index is 836. The molecule has 2 aromatic carbocycles. The van der Waals surface area contributed by atoms with E-state index in [1.165, 1.54) is 17.4 Å². The van der Waals surface area contributed by atoms with Crippen molar-refractivity contribution >= 4 is 45.4 Å². The monoisotopic (exact) mass is 356 g/mol. The molecule has 7 heteroatoms. The number of nitrogens with one attached hydrogen (secondary N) is 1. The smallest absolute Gasteiger partial charge is 0.187 e. The van der Waals surface area contributed by atoms with E-state index < -0.39 is 11.6 Å². The van der Waals surface area contributed by atoms with Crippen molar-refractivity contribution in [2.75, 3.05) is 5.32 Å². The Morgan fingerprint density at radius 3 is 2.50 bits per heavy atom. The molecule has 1 heterocycles. The van der Waals surface area contributed by atoms with E-state index in [4.69, 9.17) is 23.2 Å². The molecular weight excluding hydrogens is 349 g/mol. The fourth-order valence-electron chi connectivity index (χ4n) is 1.82. The van der Waals surface area contributed by atoms with Gasteiger partial charge in [0, 0.05) is 16.6 Å². The van der Waals surface area contributed by atoms with E-state index in [9.17, 15) is 8.78 Å². The molecule has 112 valence electrons. The summed E-state index contributed by atoms with van der Waals surface area (Å²) in [6.07, 6.45) is 0. The van der Waals surface area contributed by atoms with Crippen molar-refractivity contribution in [1.29, 1.82) is 0 Å². The van der Waals surface area contributed by atoms with Gasteiger partial charge in [0.1, 0.15) is 0 Å². The number of aromatic nitrogens is 1. The molecule has 0 fully saturated rings. The zero-order chi connectivity index (χ0) is 15.7. The molecule has 0 bridgehead atoms. The van der Waals surface area contributed by atoms with E-state index in [1.807, 2.05) is 0 Å². The molecule has 0 amide bonds. The van der Waals surface area contributed by atoms with Gasteiger partial charge in [-0.2, -0.15) is 0 Å². The lowest BCUT2D eigenvalue weighted by Crippen LogP contribution is -1.90. The SMILES string of the molecule is Fc1ccc(-c2csc(Nc3ccc(Cl)c(Cl)c3)n2)cc1F. The van der Waals surface area contributed by atoms with Crippen molar-refractivity contribution in [3.8, 4) is 11.3 Å². The predicted octanol–water partition coefficient (Wildman–Crippen LogP) is 6.14. The average Bonchev–Trinajstić information content (AvgIpc) is 2.94. The normalized spacial score (nSPS) is 10.7. The molecule has 0 saturated carbocycles. The van der Waals surface area contributed by atoms with Crippen LogP contribution >= 0.6 is 34.5 Å². The molecule has 0 aliphatic rings. The van der Waals surface area contributed by atoms with E-state index in [0.717, 1.165) is 17.8 Å².